The molecule has 0 saturated heterocycles. The van der Waals surface area contributed by atoms with E-state index in [4.69, 9.17) is 15.9 Å². The van der Waals surface area contributed by atoms with Crippen LogP contribution in [-0.2, 0) is 6.61 Å². The Kier molecular flexibility index (Phi) is 2.83. The lowest BCUT2D eigenvalue weighted by molar-refractivity contribution is 0.0692. The van der Waals surface area contributed by atoms with Crippen molar-refractivity contribution in [3.8, 4) is 0 Å². The standard InChI is InChI=1S/C9H9NO4/c10-8(12)5-1-2-7(9(13)14)6(3-5)4-11/h1-3,11H,4H2,(H2,10,12)(H,13,14). The van der Waals surface area contributed by atoms with Crippen LogP contribution in [0.2, 0.25) is 0 Å². The third kappa shape index (κ3) is 1.89. The minimum absolute atomic E-state index is 0.0301. The highest BCUT2D eigenvalue weighted by atomic mass is 16.4. The van der Waals surface area contributed by atoms with Gasteiger partial charge in [0.05, 0.1) is 12.2 Å². The van der Waals surface area contributed by atoms with Crippen molar-refractivity contribution in [3.63, 3.8) is 0 Å². The molecule has 1 aromatic carbocycles. The number of benzene rings is 1. The van der Waals surface area contributed by atoms with Crippen LogP contribution in [0.4, 0.5) is 0 Å². The summed E-state index contributed by atoms with van der Waals surface area (Å²) in [5.41, 5.74) is 5.32. The van der Waals surface area contributed by atoms with Crippen molar-refractivity contribution in [3.05, 3.63) is 34.9 Å². The van der Waals surface area contributed by atoms with Gasteiger partial charge in [-0.1, -0.05) is 0 Å². The van der Waals surface area contributed by atoms with Crippen LogP contribution in [0.25, 0.3) is 0 Å². The summed E-state index contributed by atoms with van der Waals surface area (Å²) in [5, 5.41) is 17.6. The third-order valence-corrected chi connectivity index (χ3v) is 1.79. The van der Waals surface area contributed by atoms with E-state index in [9.17, 15) is 9.59 Å². The molecule has 0 radical (unpaired) electrons. The number of aliphatic hydroxyl groups excluding tert-OH is 1. The van der Waals surface area contributed by atoms with Gasteiger partial charge < -0.3 is 15.9 Å². The van der Waals surface area contributed by atoms with Gasteiger partial charge in [-0.15, -0.1) is 0 Å². The maximum absolute atomic E-state index is 10.7. The predicted octanol–water partition coefficient (Wildman–Crippen LogP) is -0.0240. The van der Waals surface area contributed by atoms with Crippen LogP contribution in [0.15, 0.2) is 18.2 Å². The molecule has 0 aliphatic rings. The van der Waals surface area contributed by atoms with Crippen LogP contribution < -0.4 is 5.73 Å². The highest BCUT2D eigenvalue weighted by Crippen LogP contribution is 2.12. The molecule has 0 spiro atoms. The Bertz CT molecular complexity index is 386. The van der Waals surface area contributed by atoms with Crippen molar-refractivity contribution in [1.82, 2.24) is 0 Å². The van der Waals surface area contributed by atoms with Gasteiger partial charge in [0.2, 0.25) is 5.91 Å². The van der Waals surface area contributed by atoms with Crippen LogP contribution >= 0.6 is 0 Å². The highest BCUT2D eigenvalue weighted by Gasteiger charge is 2.11. The first-order valence-electron chi connectivity index (χ1n) is 3.83. The van der Waals surface area contributed by atoms with Crippen LogP contribution in [0.1, 0.15) is 26.3 Å². The molecule has 1 amide bonds. The molecule has 1 aromatic rings. The number of hydrogen-bond acceptors (Lipinski definition) is 3. The van der Waals surface area contributed by atoms with E-state index in [1.807, 2.05) is 0 Å². The molecule has 0 atom stereocenters. The second kappa shape index (κ2) is 3.89. The van der Waals surface area contributed by atoms with E-state index in [0.717, 1.165) is 0 Å². The van der Waals surface area contributed by atoms with Crippen LogP contribution in [-0.4, -0.2) is 22.1 Å². The third-order valence-electron chi connectivity index (χ3n) is 1.79. The number of carboxylic acids is 1. The first-order chi connectivity index (χ1) is 6.56. The SMILES string of the molecule is NC(=O)c1ccc(C(=O)O)c(CO)c1. The number of primary amides is 1. The molecular weight excluding hydrogens is 186 g/mol. The predicted molar refractivity (Wildman–Crippen MR) is 47.8 cm³/mol. The lowest BCUT2D eigenvalue weighted by Gasteiger charge is -2.04. The average Bonchev–Trinajstić information content (AvgIpc) is 2.16. The Hall–Kier alpha value is -1.88. The Morgan fingerprint density at radius 3 is 2.43 bits per heavy atom. The van der Waals surface area contributed by atoms with Gasteiger partial charge in [0.1, 0.15) is 0 Å². The lowest BCUT2D eigenvalue weighted by atomic mass is 10.0. The highest BCUT2D eigenvalue weighted by molar-refractivity contribution is 5.95. The van der Waals surface area contributed by atoms with Crippen molar-refractivity contribution in [2.45, 2.75) is 6.61 Å². The molecule has 0 unspecified atom stereocenters. The molecule has 0 heterocycles. The minimum atomic E-state index is -1.15. The quantitative estimate of drug-likeness (QED) is 0.630. The molecule has 0 aliphatic carbocycles. The van der Waals surface area contributed by atoms with Gasteiger partial charge in [-0.05, 0) is 23.8 Å². The summed E-state index contributed by atoms with van der Waals surface area (Å²) in [6, 6.07) is 3.82. The van der Waals surface area contributed by atoms with Crippen LogP contribution in [0, 0.1) is 0 Å². The molecule has 5 heteroatoms. The lowest BCUT2D eigenvalue weighted by Crippen LogP contribution is -2.12. The first-order valence-corrected chi connectivity index (χ1v) is 3.83. The fraction of sp³-hybridized carbons (Fsp3) is 0.111. The van der Waals surface area contributed by atoms with Gasteiger partial charge in [-0.3, -0.25) is 4.79 Å². The van der Waals surface area contributed by atoms with Crippen molar-refractivity contribution < 1.29 is 19.8 Å². The van der Waals surface area contributed by atoms with Crippen LogP contribution in [0.5, 0.6) is 0 Å². The van der Waals surface area contributed by atoms with E-state index in [1.165, 1.54) is 18.2 Å². The van der Waals surface area contributed by atoms with Crippen molar-refractivity contribution in [2.24, 2.45) is 5.73 Å². The Labute approximate surface area is 79.8 Å². The number of aliphatic hydroxyl groups is 1. The number of nitrogens with two attached hydrogens (primary N) is 1. The Morgan fingerprint density at radius 1 is 1.36 bits per heavy atom. The number of carbonyl (C=O) groups is 2. The second-order valence-corrected chi connectivity index (χ2v) is 2.70. The molecule has 4 N–H and O–H groups in total. The average molecular weight is 195 g/mol. The zero-order valence-corrected chi connectivity index (χ0v) is 7.23. The summed E-state index contributed by atoms with van der Waals surface area (Å²) in [7, 11) is 0. The molecule has 0 bridgehead atoms. The number of rotatable bonds is 3. The largest absolute Gasteiger partial charge is 0.478 e. The topological polar surface area (TPSA) is 101 Å². The normalized spacial score (nSPS) is 9.79. The van der Waals surface area contributed by atoms with Crippen LogP contribution in [0.3, 0.4) is 0 Å². The first kappa shape index (κ1) is 10.2. The van der Waals surface area contributed by atoms with Crippen molar-refractivity contribution in [2.75, 3.05) is 0 Å². The smallest absolute Gasteiger partial charge is 0.336 e. The summed E-state index contributed by atoms with van der Waals surface area (Å²) in [5.74, 6) is -1.80. The summed E-state index contributed by atoms with van der Waals surface area (Å²) in [4.78, 5) is 21.4. The maximum atomic E-state index is 10.7. The van der Waals surface area contributed by atoms with Crippen molar-refractivity contribution >= 4 is 11.9 Å². The monoisotopic (exact) mass is 195 g/mol. The molecule has 0 fully saturated rings. The Balaban J connectivity index is 3.25. The summed E-state index contributed by atoms with van der Waals surface area (Å²) in [6.07, 6.45) is 0. The molecule has 0 saturated carbocycles. The molecule has 5 nitrogen and oxygen atoms in total. The van der Waals surface area contributed by atoms with Crippen molar-refractivity contribution in [1.29, 1.82) is 0 Å². The minimum Gasteiger partial charge on any atom is -0.478 e. The van der Waals surface area contributed by atoms with Gasteiger partial charge in [0.25, 0.3) is 0 Å². The van der Waals surface area contributed by atoms with Gasteiger partial charge in [0, 0.05) is 5.56 Å². The maximum Gasteiger partial charge on any atom is 0.336 e. The Morgan fingerprint density at radius 2 is 2.00 bits per heavy atom. The number of carboxylic acid groups (broad SMARTS) is 1. The summed E-state index contributed by atoms with van der Waals surface area (Å²) in [6.45, 7) is -0.442. The van der Waals surface area contributed by atoms with E-state index in [0.29, 0.717) is 0 Å². The zero-order valence-electron chi connectivity index (χ0n) is 7.23. The van der Waals surface area contributed by atoms with Gasteiger partial charge in [-0.2, -0.15) is 0 Å². The molecule has 0 aromatic heterocycles. The van der Waals surface area contributed by atoms with Gasteiger partial charge >= 0.3 is 5.97 Å². The fourth-order valence-electron chi connectivity index (χ4n) is 1.09. The molecule has 0 aliphatic heterocycles. The van der Waals surface area contributed by atoms with Gasteiger partial charge in [0.15, 0.2) is 0 Å². The van der Waals surface area contributed by atoms with E-state index in [2.05, 4.69) is 0 Å². The van der Waals surface area contributed by atoms with Gasteiger partial charge in [-0.25, -0.2) is 4.79 Å². The number of carbonyl (C=O) groups excluding carboxylic acids is 1. The molecule has 1 rings (SSSR count). The van der Waals surface area contributed by atoms with E-state index in [-0.39, 0.29) is 16.7 Å². The van der Waals surface area contributed by atoms with E-state index >= 15 is 0 Å². The summed E-state index contributed by atoms with van der Waals surface area (Å²) < 4.78 is 0. The number of hydrogen-bond donors (Lipinski definition) is 3. The molecule has 14 heavy (non-hydrogen) atoms. The van der Waals surface area contributed by atoms with E-state index in [1.54, 1.807) is 0 Å². The fourth-order valence-corrected chi connectivity index (χ4v) is 1.09. The summed E-state index contributed by atoms with van der Waals surface area (Å²) >= 11 is 0. The number of amides is 1. The molecular formula is C9H9NO4. The number of aromatic carboxylic acids is 1. The second-order valence-electron chi connectivity index (χ2n) is 2.70. The molecule has 74 valence electrons. The zero-order chi connectivity index (χ0) is 10.7. The van der Waals surface area contributed by atoms with E-state index < -0.39 is 18.5 Å².